The largest absolute Gasteiger partial charge is 0.409 e. The molecule has 1 fully saturated rings. The van der Waals surface area contributed by atoms with Gasteiger partial charge in [0, 0.05) is 32.2 Å². The van der Waals surface area contributed by atoms with Crippen LogP contribution in [0.1, 0.15) is 25.7 Å². The molecule has 0 spiro atoms. The van der Waals surface area contributed by atoms with Crippen molar-refractivity contribution in [2.24, 2.45) is 16.3 Å². The van der Waals surface area contributed by atoms with Gasteiger partial charge in [-0.25, -0.2) is 0 Å². The summed E-state index contributed by atoms with van der Waals surface area (Å²) < 4.78 is 15.9. The van der Waals surface area contributed by atoms with Gasteiger partial charge in [-0.05, 0) is 19.3 Å². The van der Waals surface area contributed by atoms with Crippen LogP contribution >= 0.6 is 0 Å². The van der Waals surface area contributed by atoms with Crippen molar-refractivity contribution >= 4 is 5.84 Å². The lowest BCUT2D eigenvalue weighted by Crippen LogP contribution is -2.22. The number of ether oxygens (including phenoxy) is 3. The third-order valence-corrected chi connectivity index (χ3v) is 3.06. The molecule has 6 nitrogen and oxygen atoms in total. The zero-order valence-electron chi connectivity index (χ0n) is 11.1. The van der Waals surface area contributed by atoms with Gasteiger partial charge in [0.1, 0.15) is 5.84 Å². The summed E-state index contributed by atoms with van der Waals surface area (Å²) in [5.41, 5.74) is 5.61. The van der Waals surface area contributed by atoms with Gasteiger partial charge in [0.2, 0.25) is 0 Å². The van der Waals surface area contributed by atoms with Crippen LogP contribution in [0.3, 0.4) is 0 Å². The molecule has 0 atom stereocenters. The molecule has 1 saturated carbocycles. The summed E-state index contributed by atoms with van der Waals surface area (Å²) in [6, 6.07) is 0. The Labute approximate surface area is 108 Å². The average Bonchev–Trinajstić information content (AvgIpc) is 3.12. The number of rotatable bonds is 11. The Morgan fingerprint density at radius 2 is 1.94 bits per heavy atom. The lowest BCUT2D eigenvalue weighted by molar-refractivity contribution is 0.0244. The standard InChI is InChI=1S/C12H24N2O4/c1-16-5-2-6-17-7-8-18-10-12(3-4-12)9-11(13)14-15/h15H,2-10H2,1H3,(H2,13,14). The highest BCUT2D eigenvalue weighted by Gasteiger charge is 2.43. The van der Waals surface area contributed by atoms with Gasteiger partial charge in [-0.1, -0.05) is 5.16 Å². The Morgan fingerprint density at radius 1 is 1.22 bits per heavy atom. The van der Waals surface area contributed by atoms with Crippen LogP contribution in [0, 0.1) is 5.41 Å². The summed E-state index contributed by atoms with van der Waals surface area (Å²) in [7, 11) is 1.68. The number of nitrogens with two attached hydrogens (primary N) is 1. The summed E-state index contributed by atoms with van der Waals surface area (Å²) >= 11 is 0. The smallest absolute Gasteiger partial charge is 0.139 e. The molecule has 0 amide bonds. The molecule has 3 N–H and O–H groups in total. The molecular formula is C12H24N2O4. The molecule has 0 bridgehead atoms. The van der Waals surface area contributed by atoms with Crippen LogP contribution in [-0.2, 0) is 14.2 Å². The van der Waals surface area contributed by atoms with Crippen molar-refractivity contribution in [1.29, 1.82) is 0 Å². The van der Waals surface area contributed by atoms with Crippen molar-refractivity contribution in [2.75, 3.05) is 40.1 Å². The molecule has 18 heavy (non-hydrogen) atoms. The summed E-state index contributed by atoms with van der Waals surface area (Å²) in [6.07, 6.45) is 3.68. The lowest BCUT2D eigenvalue weighted by atomic mass is 10.0. The maximum absolute atomic E-state index is 8.53. The Morgan fingerprint density at radius 3 is 2.56 bits per heavy atom. The summed E-state index contributed by atoms with van der Waals surface area (Å²) in [5.74, 6) is 0.284. The average molecular weight is 260 g/mol. The molecule has 106 valence electrons. The first-order valence-corrected chi connectivity index (χ1v) is 6.33. The first kappa shape index (κ1) is 15.2. The van der Waals surface area contributed by atoms with Gasteiger partial charge < -0.3 is 25.2 Å². The quantitative estimate of drug-likeness (QED) is 0.190. The molecule has 0 aromatic rings. The fourth-order valence-corrected chi connectivity index (χ4v) is 1.78. The fraction of sp³-hybridized carbons (Fsp3) is 0.917. The first-order chi connectivity index (χ1) is 8.72. The van der Waals surface area contributed by atoms with E-state index in [-0.39, 0.29) is 11.3 Å². The van der Waals surface area contributed by atoms with Crippen LogP contribution in [0.2, 0.25) is 0 Å². The number of hydrogen-bond donors (Lipinski definition) is 2. The van der Waals surface area contributed by atoms with E-state index in [4.69, 9.17) is 25.2 Å². The van der Waals surface area contributed by atoms with E-state index in [0.29, 0.717) is 32.8 Å². The highest BCUT2D eigenvalue weighted by molar-refractivity contribution is 5.80. The molecule has 1 aliphatic carbocycles. The molecule has 0 unspecified atom stereocenters. The van der Waals surface area contributed by atoms with Crippen molar-refractivity contribution in [3.05, 3.63) is 0 Å². The second-order valence-corrected chi connectivity index (χ2v) is 4.78. The van der Waals surface area contributed by atoms with E-state index >= 15 is 0 Å². The third-order valence-electron chi connectivity index (χ3n) is 3.06. The molecule has 1 rings (SSSR count). The van der Waals surface area contributed by atoms with E-state index in [0.717, 1.165) is 25.9 Å². The summed E-state index contributed by atoms with van der Waals surface area (Å²) in [6.45, 7) is 3.27. The van der Waals surface area contributed by atoms with Crippen LogP contribution in [0.4, 0.5) is 0 Å². The zero-order chi connectivity index (χ0) is 13.3. The molecular weight excluding hydrogens is 236 g/mol. The monoisotopic (exact) mass is 260 g/mol. The maximum Gasteiger partial charge on any atom is 0.139 e. The summed E-state index contributed by atoms with van der Waals surface area (Å²) in [5, 5.41) is 11.5. The number of hydrogen-bond acceptors (Lipinski definition) is 5. The van der Waals surface area contributed by atoms with Gasteiger partial charge in [-0.15, -0.1) is 0 Å². The van der Waals surface area contributed by atoms with E-state index in [1.54, 1.807) is 7.11 Å². The number of oxime groups is 1. The SMILES string of the molecule is COCCCOCCOCC1(CC(N)=NO)CC1. The number of nitrogens with zero attached hydrogens (tertiary/aromatic N) is 1. The van der Waals surface area contributed by atoms with Crippen LogP contribution in [0.15, 0.2) is 5.16 Å². The van der Waals surface area contributed by atoms with E-state index in [1.807, 2.05) is 0 Å². The Bertz CT molecular complexity index is 254. The van der Waals surface area contributed by atoms with Gasteiger partial charge in [-0.3, -0.25) is 0 Å². The van der Waals surface area contributed by atoms with Crippen LogP contribution in [0.5, 0.6) is 0 Å². The number of amidine groups is 1. The molecule has 0 aromatic carbocycles. The summed E-state index contributed by atoms with van der Waals surface area (Å²) in [4.78, 5) is 0. The highest BCUT2D eigenvalue weighted by Crippen LogP contribution is 2.48. The van der Waals surface area contributed by atoms with Crippen molar-refractivity contribution in [3.8, 4) is 0 Å². The van der Waals surface area contributed by atoms with E-state index in [2.05, 4.69) is 5.16 Å². The van der Waals surface area contributed by atoms with Crippen LogP contribution in [-0.4, -0.2) is 51.2 Å². The second kappa shape index (κ2) is 8.29. The predicted octanol–water partition coefficient (Wildman–Crippen LogP) is 0.973. The van der Waals surface area contributed by atoms with Crippen LogP contribution in [0.25, 0.3) is 0 Å². The van der Waals surface area contributed by atoms with Gasteiger partial charge in [-0.2, -0.15) is 0 Å². The number of methoxy groups -OCH3 is 1. The van der Waals surface area contributed by atoms with Crippen molar-refractivity contribution < 1.29 is 19.4 Å². The maximum atomic E-state index is 8.53. The minimum absolute atomic E-state index is 0.104. The predicted molar refractivity (Wildman–Crippen MR) is 67.8 cm³/mol. The van der Waals surface area contributed by atoms with Gasteiger partial charge >= 0.3 is 0 Å². The normalized spacial score (nSPS) is 17.9. The molecule has 0 radical (unpaired) electrons. The Hall–Kier alpha value is -0.850. The van der Waals surface area contributed by atoms with Gasteiger partial charge in [0.25, 0.3) is 0 Å². The molecule has 1 aliphatic rings. The van der Waals surface area contributed by atoms with E-state index in [1.165, 1.54) is 0 Å². The Kier molecular flexibility index (Phi) is 7.00. The zero-order valence-corrected chi connectivity index (χ0v) is 11.1. The lowest BCUT2D eigenvalue weighted by Gasteiger charge is -2.14. The molecule has 0 aliphatic heterocycles. The third kappa shape index (κ3) is 6.18. The van der Waals surface area contributed by atoms with Crippen molar-refractivity contribution in [3.63, 3.8) is 0 Å². The van der Waals surface area contributed by atoms with Gasteiger partial charge in [0.15, 0.2) is 0 Å². The minimum atomic E-state index is 0.104. The fourth-order valence-electron chi connectivity index (χ4n) is 1.78. The Balaban J connectivity index is 1.95. The van der Waals surface area contributed by atoms with E-state index in [9.17, 15) is 0 Å². The molecule has 0 heterocycles. The minimum Gasteiger partial charge on any atom is -0.409 e. The molecule has 6 heteroatoms. The van der Waals surface area contributed by atoms with Gasteiger partial charge in [0.05, 0.1) is 19.8 Å². The van der Waals surface area contributed by atoms with Crippen LogP contribution < -0.4 is 5.73 Å². The van der Waals surface area contributed by atoms with Crippen molar-refractivity contribution in [2.45, 2.75) is 25.7 Å². The first-order valence-electron chi connectivity index (χ1n) is 6.33. The second-order valence-electron chi connectivity index (χ2n) is 4.78. The molecule has 0 aromatic heterocycles. The topological polar surface area (TPSA) is 86.3 Å². The molecule has 0 saturated heterocycles. The highest BCUT2D eigenvalue weighted by atomic mass is 16.5. The van der Waals surface area contributed by atoms with Crippen molar-refractivity contribution in [1.82, 2.24) is 0 Å². The van der Waals surface area contributed by atoms with E-state index < -0.39 is 0 Å².